The topological polar surface area (TPSA) is 66.8 Å². The van der Waals surface area contributed by atoms with Crippen molar-refractivity contribution in [2.24, 2.45) is 0 Å². The molecule has 0 aromatic carbocycles. The normalized spacial score (nSPS) is 17.7. The lowest BCUT2D eigenvalue weighted by Crippen LogP contribution is -2.36. The van der Waals surface area contributed by atoms with Gasteiger partial charge in [0.2, 0.25) is 11.8 Å². The Hall–Kier alpha value is -0.940. The molecule has 0 spiro atoms. The zero-order chi connectivity index (χ0) is 11.8. The Kier molecular flexibility index (Phi) is 6.03. The SMILES string of the molecule is O=C1CCCCC(=O)N1CCCOCCO. The third-order valence-corrected chi connectivity index (χ3v) is 2.54. The summed E-state index contributed by atoms with van der Waals surface area (Å²) in [6.07, 6.45) is 3.20. The Morgan fingerprint density at radius 3 is 2.31 bits per heavy atom. The fourth-order valence-electron chi connectivity index (χ4n) is 1.70. The highest BCUT2D eigenvalue weighted by molar-refractivity contribution is 5.95. The summed E-state index contributed by atoms with van der Waals surface area (Å²) >= 11 is 0. The molecule has 1 rings (SSSR count). The maximum Gasteiger partial charge on any atom is 0.229 e. The summed E-state index contributed by atoms with van der Waals surface area (Å²) in [6, 6.07) is 0. The maximum atomic E-state index is 11.6. The molecule has 16 heavy (non-hydrogen) atoms. The van der Waals surface area contributed by atoms with E-state index in [4.69, 9.17) is 9.84 Å². The molecule has 1 aliphatic heterocycles. The van der Waals surface area contributed by atoms with Gasteiger partial charge in [-0.3, -0.25) is 14.5 Å². The second kappa shape index (κ2) is 7.35. The van der Waals surface area contributed by atoms with E-state index < -0.39 is 0 Å². The maximum absolute atomic E-state index is 11.6. The number of amides is 2. The molecule has 0 aromatic rings. The number of carbonyl (C=O) groups excluding carboxylic acids is 2. The summed E-state index contributed by atoms with van der Waals surface area (Å²) in [7, 11) is 0. The van der Waals surface area contributed by atoms with Crippen LogP contribution in [-0.4, -0.2) is 48.2 Å². The van der Waals surface area contributed by atoms with E-state index >= 15 is 0 Å². The van der Waals surface area contributed by atoms with Crippen LogP contribution in [0.3, 0.4) is 0 Å². The number of likely N-dealkylation sites (tertiary alicyclic amines) is 1. The molecule has 1 heterocycles. The van der Waals surface area contributed by atoms with Gasteiger partial charge in [0.25, 0.3) is 0 Å². The minimum absolute atomic E-state index is 0.00156. The van der Waals surface area contributed by atoms with E-state index in [1.165, 1.54) is 4.90 Å². The zero-order valence-electron chi connectivity index (χ0n) is 9.48. The van der Waals surface area contributed by atoms with Gasteiger partial charge in [-0.2, -0.15) is 0 Å². The molecule has 1 saturated heterocycles. The largest absolute Gasteiger partial charge is 0.394 e. The number of aliphatic hydroxyl groups is 1. The van der Waals surface area contributed by atoms with E-state index in [0.29, 0.717) is 39.0 Å². The summed E-state index contributed by atoms with van der Waals surface area (Å²) in [5.74, 6) is -0.130. The summed E-state index contributed by atoms with van der Waals surface area (Å²) in [5, 5.41) is 8.49. The monoisotopic (exact) mass is 229 g/mol. The molecular weight excluding hydrogens is 210 g/mol. The highest BCUT2D eigenvalue weighted by Crippen LogP contribution is 2.12. The molecule has 0 unspecified atom stereocenters. The van der Waals surface area contributed by atoms with Crippen LogP contribution < -0.4 is 0 Å². The van der Waals surface area contributed by atoms with E-state index in [1.54, 1.807) is 0 Å². The molecule has 2 amide bonds. The van der Waals surface area contributed by atoms with Crippen molar-refractivity contribution in [1.29, 1.82) is 0 Å². The number of imide groups is 1. The van der Waals surface area contributed by atoms with Gasteiger partial charge in [0.05, 0.1) is 13.2 Å². The van der Waals surface area contributed by atoms with Gasteiger partial charge in [-0.1, -0.05) is 0 Å². The second-order valence-corrected chi connectivity index (χ2v) is 3.84. The van der Waals surface area contributed by atoms with Crippen molar-refractivity contribution in [3.05, 3.63) is 0 Å². The van der Waals surface area contributed by atoms with Crippen molar-refractivity contribution in [3.8, 4) is 0 Å². The van der Waals surface area contributed by atoms with Gasteiger partial charge < -0.3 is 9.84 Å². The second-order valence-electron chi connectivity index (χ2n) is 3.84. The fraction of sp³-hybridized carbons (Fsp3) is 0.818. The standard InChI is InChI=1S/C11H19NO4/c13-7-9-16-8-3-6-12-10(14)4-1-2-5-11(12)15/h13H,1-9H2. The Morgan fingerprint density at radius 1 is 1.12 bits per heavy atom. The first-order valence-corrected chi connectivity index (χ1v) is 5.77. The molecule has 0 atom stereocenters. The van der Waals surface area contributed by atoms with Crippen LogP contribution in [0.1, 0.15) is 32.1 Å². The molecule has 0 aliphatic carbocycles. The molecule has 0 saturated carbocycles. The van der Waals surface area contributed by atoms with Crippen LogP contribution >= 0.6 is 0 Å². The van der Waals surface area contributed by atoms with Crippen LogP contribution in [0.25, 0.3) is 0 Å². The van der Waals surface area contributed by atoms with E-state index in [-0.39, 0.29) is 18.4 Å². The predicted molar refractivity (Wildman–Crippen MR) is 57.7 cm³/mol. The van der Waals surface area contributed by atoms with Crippen molar-refractivity contribution in [1.82, 2.24) is 4.90 Å². The first kappa shape index (κ1) is 13.1. The minimum Gasteiger partial charge on any atom is -0.394 e. The summed E-state index contributed by atoms with van der Waals surface area (Å²) < 4.78 is 5.08. The first-order chi connectivity index (χ1) is 7.75. The smallest absolute Gasteiger partial charge is 0.229 e. The number of nitrogens with zero attached hydrogens (tertiary/aromatic N) is 1. The molecule has 1 fully saturated rings. The molecule has 1 N–H and O–H groups in total. The van der Waals surface area contributed by atoms with Crippen LogP contribution in [0, 0.1) is 0 Å². The molecular formula is C11H19NO4. The van der Waals surface area contributed by atoms with Crippen LogP contribution in [0.2, 0.25) is 0 Å². The van der Waals surface area contributed by atoms with Gasteiger partial charge in [-0.15, -0.1) is 0 Å². The first-order valence-electron chi connectivity index (χ1n) is 5.77. The van der Waals surface area contributed by atoms with Crippen molar-refractivity contribution in [3.63, 3.8) is 0 Å². The molecule has 0 aromatic heterocycles. The van der Waals surface area contributed by atoms with E-state index in [2.05, 4.69) is 0 Å². The van der Waals surface area contributed by atoms with Crippen LogP contribution in [0.4, 0.5) is 0 Å². The molecule has 0 radical (unpaired) electrons. The van der Waals surface area contributed by atoms with E-state index in [0.717, 1.165) is 12.8 Å². The zero-order valence-corrected chi connectivity index (χ0v) is 9.48. The van der Waals surface area contributed by atoms with E-state index in [1.807, 2.05) is 0 Å². The quantitative estimate of drug-likeness (QED) is 0.526. The summed E-state index contributed by atoms with van der Waals surface area (Å²) in [4.78, 5) is 24.5. The average Bonchev–Trinajstić information content (AvgIpc) is 2.42. The van der Waals surface area contributed by atoms with Gasteiger partial charge in [-0.25, -0.2) is 0 Å². The summed E-state index contributed by atoms with van der Waals surface area (Å²) in [6.45, 7) is 1.21. The van der Waals surface area contributed by atoms with Gasteiger partial charge >= 0.3 is 0 Å². The predicted octanol–water partition coefficient (Wildman–Crippen LogP) is 0.315. The Labute approximate surface area is 95.4 Å². The number of hydrogen-bond donors (Lipinski definition) is 1. The number of carbonyl (C=O) groups is 2. The average molecular weight is 229 g/mol. The highest BCUT2D eigenvalue weighted by atomic mass is 16.5. The van der Waals surface area contributed by atoms with Gasteiger partial charge in [0, 0.05) is 26.0 Å². The summed E-state index contributed by atoms with van der Waals surface area (Å²) in [5.41, 5.74) is 0. The fourth-order valence-corrected chi connectivity index (χ4v) is 1.70. The molecule has 92 valence electrons. The lowest BCUT2D eigenvalue weighted by atomic mass is 10.2. The molecule has 5 nitrogen and oxygen atoms in total. The van der Waals surface area contributed by atoms with Crippen molar-refractivity contribution < 1.29 is 19.4 Å². The number of rotatable bonds is 6. The Balaban J connectivity index is 2.26. The molecule has 5 heteroatoms. The van der Waals surface area contributed by atoms with Crippen LogP contribution in [-0.2, 0) is 14.3 Å². The minimum atomic E-state index is -0.0651. The van der Waals surface area contributed by atoms with Crippen LogP contribution in [0.15, 0.2) is 0 Å². The van der Waals surface area contributed by atoms with Crippen molar-refractivity contribution in [2.45, 2.75) is 32.1 Å². The third-order valence-electron chi connectivity index (χ3n) is 2.54. The Bertz CT molecular complexity index is 224. The van der Waals surface area contributed by atoms with Gasteiger partial charge in [0.1, 0.15) is 0 Å². The van der Waals surface area contributed by atoms with Crippen molar-refractivity contribution in [2.75, 3.05) is 26.4 Å². The molecule has 1 aliphatic rings. The molecule has 0 bridgehead atoms. The van der Waals surface area contributed by atoms with Gasteiger partial charge in [-0.05, 0) is 19.3 Å². The van der Waals surface area contributed by atoms with Crippen molar-refractivity contribution >= 4 is 11.8 Å². The third kappa shape index (κ3) is 4.28. The van der Waals surface area contributed by atoms with Gasteiger partial charge in [0.15, 0.2) is 0 Å². The van der Waals surface area contributed by atoms with E-state index in [9.17, 15) is 9.59 Å². The lowest BCUT2D eigenvalue weighted by Gasteiger charge is -2.18. The number of aliphatic hydroxyl groups excluding tert-OH is 1. The van der Waals surface area contributed by atoms with Crippen LogP contribution in [0.5, 0.6) is 0 Å². The highest BCUT2D eigenvalue weighted by Gasteiger charge is 2.23. The number of ether oxygens (including phenoxy) is 1. The lowest BCUT2D eigenvalue weighted by molar-refractivity contribution is -0.143. The number of hydrogen-bond acceptors (Lipinski definition) is 4. The Morgan fingerprint density at radius 2 is 1.75 bits per heavy atom.